The van der Waals surface area contributed by atoms with Gasteiger partial charge in [0.2, 0.25) is 5.91 Å². The van der Waals surface area contributed by atoms with Gasteiger partial charge >= 0.3 is 0 Å². The van der Waals surface area contributed by atoms with Crippen molar-refractivity contribution in [1.82, 2.24) is 5.32 Å². The van der Waals surface area contributed by atoms with Gasteiger partial charge in [-0.1, -0.05) is 61.4 Å². The molecule has 1 N–H and O–H groups in total. The smallest absolute Gasteiger partial charge is 0.220 e. The summed E-state index contributed by atoms with van der Waals surface area (Å²) in [5.41, 5.74) is 0. The van der Waals surface area contributed by atoms with Gasteiger partial charge in [0.05, 0.1) is 13.2 Å². The number of unbranched alkanes of at least 4 members (excludes halogenated alkanes) is 6. The zero-order valence-corrected chi connectivity index (χ0v) is 13.3. The Morgan fingerprint density at radius 2 is 1.72 bits per heavy atom. The Balaban J connectivity index is 3.12. The third-order valence-corrected chi connectivity index (χ3v) is 3.12. The number of nitrogens with one attached hydrogen (secondary N) is 1. The van der Waals surface area contributed by atoms with Crippen LogP contribution in [-0.2, 0) is 9.53 Å². The molecule has 0 radical (unpaired) electrons. The first-order valence-corrected chi connectivity index (χ1v) is 8.33. The maximum Gasteiger partial charge on any atom is 0.220 e. The summed E-state index contributed by atoms with van der Waals surface area (Å²) in [6.07, 6.45) is 9.41. The summed E-state index contributed by atoms with van der Waals surface area (Å²) in [5.74, 6) is 0.158. The first-order chi connectivity index (χ1) is 8.81. The molecule has 0 bridgehead atoms. The van der Waals surface area contributed by atoms with Gasteiger partial charge in [0.1, 0.15) is 0 Å². The second-order valence-corrected chi connectivity index (χ2v) is 5.32. The summed E-state index contributed by atoms with van der Waals surface area (Å²) in [6, 6.07) is 0. The summed E-state index contributed by atoms with van der Waals surface area (Å²) in [7, 11) is 0. The average Bonchev–Trinajstić information content (AvgIpc) is 2.37. The summed E-state index contributed by atoms with van der Waals surface area (Å²) in [4.78, 5) is 11.4. The fourth-order valence-corrected chi connectivity index (χ4v) is 1.98. The van der Waals surface area contributed by atoms with Crippen molar-refractivity contribution in [3.8, 4) is 0 Å². The molecule has 0 spiro atoms. The molecule has 0 aliphatic rings. The van der Waals surface area contributed by atoms with Gasteiger partial charge in [0, 0.05) is 18.3 Å². The van der Waals surface area contributed by atoms with Crippen LogP contribution in [0.2, 0.25) is 0 Å². The first kappa shape index (κ1) is 17.9. The molecule has 4 heteroatoms. The number of ether oxygens (including phenoxy) is 1. The zero-order chi connectivity index (χ0) is 13.5. The van der Waals surface area contributed by atoms with Crippen LogP contribution >= 0.6 is 15.9 Å². The lowest BCUT2D eigenvalue weighted by atomic mass is 10.1. The first-order valence-electron chi connectivity index (χ1n) is 7.21. The van der Waals surface area contributed by atoms with Crippen molar-refractivity contribution in [2.75, 3.05) is 25.1 Å². The maximum atomic E-state index is 11.4. The van der Waals surface area contributed by atoms with E-state index in [0.29, 0.717) is 26.2 Å². The van der Waals surface area contributed by atoms with Crippen molar-refractivity contribution in [3.63, 3.8) is 0 Å². The van der Waals surface area contributed by atoms with Gasteiger partial charge in [-0.25, -0.2) is 0 Å². The number of hydrogen-bond acceptors (Lipinski definition) is 2. The van der Waals surface area contributed by atoms with Crippen molar-refractivity contribution in [1.29, 1.82) is 0 Å². The van der Waals surface area contributed by atoms with Crippen LogP contribution in [0.1, 0.15) is 58.3 Å². The Morgan fingerprint density at radius 1 is 1.06 bits per heavy atom. The molecule has 3 nitrogen and oxygen atoms in total. The lowest BCUT2D eigenvalue weighted by Gasteiger charge is -2.05. The van der Waals surface area contributed by atoms with Crippen LogP contribution in [0.15, 0.2) is 0 Å². The molecule has 0 aliphatic carbocycles. The van der Waals surface area contributed by atoms with Crippen LogP contribution in [0.3, 0.4) is 0 Å². The van der Waals surface area contributed by atoms with Crippen LogP contribution in [-0.4, -0.2) is 31.0 Å². The second kappa shape index (κ2) is 15.0. The van der Waals surface area contributed by atoms with Crippen molar-refractivity contribution < 1.29 is 9.53 Å². The highest BCUT2D eigenvalue weighted by Crippen LogP contribution is 2.08. The summed E-state index contributed by atoms with van der Waals surface area (Å²) >= 11 is 3.28. The molecule has 0 unspecified atom stereocenters. The van der Waals surface area contributed by atoms with E-state index in [9.17, 15) is 4.79 Å². The third-order valence-electron chi connectivity index (χ3n) is 2.80. The Morgan fingerprint density at radius 3 is 2.39 bits per heavy atom. The molecular weight excluding hydrogens is 294 g/mol. The molecule has 0 rings (SSSR count). The van der Waals surface area contributed by atoms with Crippen molar-refractivity contribution in [2.45, 2.75) is 58.3 Å². The maximum absolute atomic E-state index is 11.4. The molecule has 18 heavy (non-hydrogen) atoms. The molecule has 1 amide bonds. The van der Waals surface area contributed by atoms with Gasteiger partial charge in [-0.2, -0.15) is 0 Å². The van der Waals surface area contributed by atoms with Crippen LogP contribution in [0.25, 0.3) is 0 Å². The van der Waals surface area contributed by atoms with E-state index in [2.05, 4.69) is 28.2 Å². The van der Waals surface area contributed by atoms with Crippen LogP contribution in [0.4, 0.5) is 0 Å². The second-order valence-electron chi connectivity index (χ2n) is 4.52. The minimum Gasteiger partial charge on any atom is -0.379 e. The number of amides is 1. The lowest BCUT2D eigenvalue weighted by molar-refractivity contribution is -0.121. The summed E-state index contributed by atoms with van der Waals surface area (Å²) in [6.45, 7) is 4.16. The largest absolute Gasteiger partial charge is 0.379 e. The predicted molar refractivity (Wildman–Crippen MR) is 80.2 cm³/mol. The number of alkyl halides is 1. The number of rotatable bonds is 13. The van der Waals surface area contributed by atoms with Crippen molar-refractivity contribution >= 4 is 21.8 Å². The van der Waals surface area contributed by atoms with Gasteiger partial charge in [-0.15, -0.1) is 0 Å². The standard InChI is InChI=1S/C14H28BrNO2/c1-2-3-4-5-6-7-8-9-14(17)16-11-13-18-12-10-15/h2-13H2,1H3,(H,16,17). The third kappa shape index (κ3) is 14.0. The summed E-state index contributed by atoms with van der Waals surface area (Å²) < 4.78 is 5.25. The highest BCUT2D eigenvalue weighted by atomic mass is 79.9. The van der Waals surface area contributed by atoms with E-state index >= 15 is 0 Å². The quantitative estimate of drug-likeness (QED) is 0.415. The van der Waals surface area contributed by atoms with Crippen LogP contribution < -0.4 is 5.32 Å². The highest BCUT2D eigenvalue weighted by molar-refractivity contribution is 9.09. The Hall–Kier alpha value is -0.0900. The monoisotopic (exact) mass is 321 g/mol. The molecule has 0 heterocycles. The summed E-state index contributed by atoms with van der Waals surface area (Å²) in [5, 5.41) is 3.72. The Labute approximate surface area is 120 Å². The van der Waals surface area contributed by atoms with Gasteiger partial charge in [0.15, 0.2) is 0 Å². The number of carbonyl (C=O) groups is 1. The van der Waals surface area contributed by atoms with E-state index < -0.39 is 0 Å². The molecule has 0 aromatic carbocycles. The topological polar surface area (TPSA) is 38.3 Å². The molecule has 0 atom stereocenters. The van der Waals surface area contributed by atoms with E-state index in [1.54, 1.807) is 0 Å². The molecular formula is C14H28BrNO2. The number of hydrogen-bond donors (Lipinski definition) is 1. The van der Waals surface area contributed by atoms with E-state index in [1.165, 1.54) is 38.5 Å². The average molecular weight is 322 g/mol. The Kier molecular flexibility index (Phi) is 14.9. The normalized spacial score (nSPS) is 10.6. The SMILES string of the molecule is CCCCCCCCCC(=O)NCCOCCBr. The fourth-order valence-electron chi connectivity index (χ4n) is 1.75. The minimum absolute atomic E-state index is 0.158. The van der Waals surface area contributed by atoms with Crippen molar-refractivity contribution in [2.24, 2.45) is 0 Å². The Bertz CT molecular complexity index is 189. The van der Waals surface area contributed by atoms with E-state index in [4.69, 9.17) is 4.74 Å². The van der Waals surface area contributed by atoms with Crippen LogP contribution in [0, 0.1) is 0 Å². The lowest BCUT2D eigenvalue weighted by Crippen LogP contribution is -2.27. The van der Waals surface area contributed by atoms with Crippen LogP contribution in [0.5, 0.6) is 0 Å². The van der Waals surface area contributed by atoms with Gasteiger partial charge in [-0.3, -0.25) is 4.79 Å². The van der Waals surface area contributed by atoms with E-state index in [0.717, 1.165) is 11.8 Å². The fraction of sp³-hybridized carbons (Fsp3) is 0.929. The highest BCUT2D eigenvalue weighted by Gasteiger charge is 2.00. The van der Waals surface area contributed by atoms with Crippen molar-refractivity contribution in [3.05, 3.63) is 0 Å². The number of carbonyl (C=O) groups excluding carboxylic acids is 1. The molecule has 0 aliphatic heterocycles. The molecule has 108 valence electrons. The van der Waals surface area contributed by atoms with E-state index in [1.807, 2.05) is 0 Å². The number of halogens is 1. The molecule has 0 fully saturated rings. The molecule has 0 saturated heterocycles. The van der Waals surface area contributed by atoms with Gasteiger partial charge in [-0.05, 0) is 6.42 Å². The minimum atomic E-state index is 0.158. The molecule has 0 aromatic rings. The predicted octanol–water partition coefficient (Wildman–Crippen LogP) is 3.65. The molecule has 0 aromatic heterocycles. The van der Waals surface area contributed by atoms with Gasteiger partial charge < -0.3 is 10.1 Å². The van der Waals surface area contributed by atoms with E-state index in [-0.39, 0.29) is 5.91 Å². The van der Waals surface area contributed by atoms with Gasteiger partial charge in [0.25, 0.3) is 0 Å². The zero-order valence-electron chi connectivity index (χ0n) is 11.7. The molecule has 0 saturated carbocycles.